The maximum Gasteiger partial charge on any atom is 0.343 e. The molecule has 0 atom stereocenters. The van der Waals surface area contributed by atoms with Gasteiger partial charge in [0.15, 0.2) is 0 Å². The van der Waals surface area contributed by atoms with Crippen LogP contribution in [0.1, 0.15) is 89.4 Å². The van der Waals surface area contributed by atoms with Gasteiger partial charge in [-0.05, 0) is 51.6 Å². The number of hydrogen-bond donors (Lipinski definition) is 1. The number of phenolic OH excluding ortho intramolecular Hbond substituents is 1. The first-order valence-corrected chi connectivity index (χ1v) is 9.81. The number of benzene rings is 2. The third-order valence-electron chi connectivity index (χ3n) is 4.88. The van der Waals surface area contributed by atoms with Crippen LogP contribution in [0.3, 0.4) is 0 Å². The van der Waals surface area contributed by atoms with Gasteiger partial charge in [0.1, 0.15) is 11.5 Å². The van der Waals surface area contributed by atoms with E-state index < -0.39 is 5.97 Å². The second kappa shape index (κ2) is 7.27. The highest BCUT2D eigenvalue weighted by Gasteiger charge is 2.25. The summed E-state index contributed by atoms with van der Waals surface area (Å²) in [7, 11) is 0. The van der Waals surface area contributed by atoms with Crippen molar-refractivity contribution in [2.75, 3.05) is 0 Å². The Labute approximate surface area is 169 Å². The molecule has 0 aromatic heterocycles. The molecule has 0 saturated carbocycles. The molecule has 3 nitrogen and oxygen atoms in total. The minimum absolute atomic E-state index is 0.00929. The summed E-state index contributed by atoms with van der Waals surface area (Å²) >= 11 is 0. The zero-order valence-electron chi connectivity index (χ0n) is 18.7. The fraction of sp³-hybridized carbons (Fsp3) is 0.480. The summed E-state index contributed by atoms with van der Waals surface area (Å²) in [4.78, 5) is 12.9. The monoisotopic (exact) mass is 382 g/mol. The van der Waals surface area contributed by atoms with E-state index in [0.29, 0.717) is 11.3 Å². The summed E-state index contributed by atoms with van der Waals surface area (Å²) in [5.74, 6) is 0.167. The number of esters is 1. The summed E-state index contributed by atoms with van der Waals surface area (Å²) in [6.45, 7) is 19.0. The predicted molar refractivity (Wildman–Crippen MR) is 116 cm³/mol. The summed E-state index contributed by atoms with van der Waals surface area (Å²) < 4.78 is 5.80. The van der Waals surface area contributed by atoms with Crippen LogP contribution in [0.5, 0.6) is 11.5 Å². The van der Waals surface area contributed by atoms with Crippen LogP contribution in [-0.4, -0.2) is 11.1 Å². The predicted octanol–water partition coefficient (Wildman–Crippen LogP) is 6.50. The zero-order chi connectivity index (χ0) is 21.5. The summed E-state index contributed by atoms with van der Waals surface area (Å²) in [6, 6.07) is 11.0. The van der Waals surface area contributed by atoms with Crippen molar-refractivity contribution in [3.63, 3.8) is 0 Å². The Morgan fingerprint density at radius 2 is 1.32 bits per heavy atom. The van der Waals surface area contributed by atoms with E-state index in [1.807, 2.05) is 32.9 Å². The van der Waals surface area contributed by atoms with Crippen molar-refractivity contribution in [3.8, 4) is 11.5 Å². The average Bonchev–Trinajstić information content (AvgIpc) is 2.51. The molecule has 0 aliphatic heterocycles. The smallest absolute Gasteiger partial charge is 0.343 e. The second-order valence-electron chi connectivity index (χ2n) is 10.6. The molecule has 28 heavy (non-hydrogen) atoms. The Morgan fingerprint density at radius 3 is 1.82 bits per heavy atom. The molecule has 0 aliphatic rings. The Hall–Kier alpha value is -2.29. The number of phenols is 1. The molecule has 0 spiro atoms. The fourth-order valence-corrected chi connectivity index (χ4v) is 2.99. The fourth-order valence-electron chi connectivity index (χ4n) is 2.99. The van der Waals surface area contributed by atoms with Gasteiger partial charge < -0.3 is 9.84 Å². The lowest BCUT2D eigenvalue weighted by Gasteiger charge is -2.27. The number of rotatable bonds is 2. The molecular formula is C25H34O3. The Bertz CT molecular complexity index is 872. The van der Waals surface area contributed by atoms with Crippen LogP contribution in [0.4, 0.5) is 0 Å². The molecule has 0 heterocycles. The highest BCUT2D eigenvalue weighted by Crippen LogP contribution is 2.36. The molecule has 2 aromatic rings. The lowest BCUT2D eigenvalue weighted by atomic mass is 9.80. The van der Waals surface area contributed by atoms with E-state index in [1.165, 1.54) is 11.6 Å². The van der Waals surface area contributed by atoms with Crippen molar-refractivity contribution in [3.05, 3.63) is 58.7 Å². The van der Waals surface area contributed by atoms with Crippen molar-refractivity contribution < 1.29 is 14.6 Å². The molecule has 0 amide bonds. The van der Waals surface area contributed by atoms with Crippen LogP contribution in [0.2, 0.25) is 0 Å². The summed E-state index contributed by atoms with van der Waals surface area (Å²) in [6.07, 6.45) is 0. The van der Waals surface area contributed by atoms with Gasteiger partial charge in [-0.1, -0.05) is 74.4 Å². The van der Waals surface area contributed by atoms with Crippen LogP contribution in [0.25, 0.3) is 0 Å². The number of hydrogen-bond acceptors (Lipinski definition) is 3. The van der Waals surface area contributed by atoms with E-state index in [2.05, 4.69) is 47.6 Å². The van der Waals surface area contributed by atoms with Crippen LogP contribution >= 0.6 is 0 Å². The highest BCUT2D eigenvalue weighted by atomic mass is 16.5. The number of carbonyl (C=O) groups excluding carboxylic acids is 1. The number of carbonyl (C=O) groups is 1. The van der Waals surface area contributed by atoms with Gasteiger partial charge in [-0.3, -0.25) is 0 Å². The minimum Gasteiger partial charge on any atom is -0.508 e. The topological polar surface area (TPSA) is 46.5 Å². The lowest BCUT2D eigenvalue weighted by molar-refractivity contribution is 0.0731. The molecule has 2 aromatic carbocycles. The van der Waals surface area contributed by atoms with Crippen molar-refractivity contribution in [2.24, 2.45) is 0 Å². The molecule has 0 unspecified atom stereocenters. The average molecular weight is 383 g/mol. The van der Waals surface area contributed by atoms with E-state index in [9.17, 15) is 9.90 Å². The second-order valence-corrected chi connectivity index (χ2v) is 10.6. The third-order valence-corrected chi connectivity index (χ3v) is 4.88. The molecule has 0 aliphatic carbocycles. The van der Waals surface area contributed by atoms with E-state index in [1.54, 1.807) is 12.1 Å². The Balaban J connectivity index is 2.46. The van der Waals surface area contributed by atoms with Gasteiger partial charge in [-0.15, -0.1) is 0 Å². The highest BCUT2D eigenvalue weighted by molar-refractivity contribution is 5.92. The standard InChI is InChI=1S/C25H34O3/c1-23(2,3)17-10-11-21(20(15-17)25(7,8)9)28-22(27)16-12-18(24(4,5)6)14-19(26)13-16/h10-15,26H,1-9H3. The van der Waals surface area contributed by atoms with Crippen LogP contribution < -0.4 is 4.74 Å². The minimum atomic E-state index is -0.463. The van der Waals surface area contributed by atoms with Crippen molar-refractivity contribution in [1.82, 2.24) is 0 Å². The van der Waals surface area contributed by atoms with Gasteiger partial charge in [0, 0.05) is 5.56 Å². The van der Waals surface area contributed by atoms with E-state index in [-0.39, 0.29) is 22.0 Å². The molecular weight excluding hydrogens is 348 g/mol. The Kier molecular flexibility index (Phi) is 5.71. The first-order chi connectivity index (χ1) is 12.6. The van der Waals surface area contributed by atoms with E-state index in [0.717, 1.165) is 11.1 Å². The maximum atomic E-state index is 12.9. The van der Waals surface area contributed by atoms with Crippen molar-refractivity contribution >= 4 is 5.97 Å². The molecule has 0 bridgehead atoms. The quantitative estimate of drug-likeness (QED) is 0.476. The summed E-state index contributed by atoms with van der Waals surface area (Å²) in [5.41, 5.74) is 3.08. The van der Waals surface area contributed by atoms with E-state index in [4.69, 9.17) is 4.74 Å². The van der Waals surface area contributed by atoms with Gasteiger partial charge in [0.2, 0.25) is 0 Å². The molecule has 0 radical (unpaired) electrons. The van der Waals surface area contributed by atoms with Crippen LogP contribution in [0.15, 0.2) is 36.4 Å². The molecule has 0 saturated heterocycles. The lowest BCUT2D eigenvalue weighted by Crippen LogP contribution is -2.19. The van der Waals surface area contributed by atoms with Crippen molar-refractivity contribution in [2.45, 2.75) is 78.6 Å². The normalized spacial score (nSPS) is 12.8. The first-order valence-electron chi connectivity index (χ1n) is 9.81. The first kappa shape index (κ1) is 22.0. The van der Waals surface area contributed by atoms with Gasteiger partial charge in [0.25, 0.3) is 0 Å². The van der Waals surface area contributed by atoms with Crippen LogP contribution in [-0.2, 0) is 16.2 Å². The van der Waals surface area contributed by atoms with Crippen LogP contribution in [0, 0.1) is 0 Å². The maximum absolute atomic E-state index is 12.9. The third kappa shape index (κ3) is 5.15. The molecule has 0 fully saturated rings. The van der Waals surface area contributed by atoms with E-state index >= 15 is 0 Å². The zero-order valence-corrected chi connectivity index (χ0v) is 18.7. The van der Waals surface area contributed by atoms with Gasteiger partial charge in [-0.25, -0.2) is 4.79 Å². The molecule has 1 N–H and O–H groups in total. The van der Waals surface area contributed by atoms with Gasteiger partial charge in [-0.2, -0.15) is 0 Å². The number of ether oxygens (including phenoxy) is 1. The number of aromatic hydroxyl groups is 1. The molecule has 2 rings (SSSR count). The van der Waals surface area contributed by atoms with Crippen molar-refractivity contribution in [1.29, 1.82) is 0 Å². The molecule has 3 heteroatoms. The molecule has 152 valence electrons. The summed E-state index contributed by atoms with van der Waals surface area (Å²) in [5, 5.41) is 10.1. The van der Waals surface area contributed by atoms with Gasteiger partial charge >= 0.3 is 5.97 Å². The Morgan fingerprint density at radius 1 is 0.750 bits per heavy atom. The SMILES string of the molecule is CC(C)(C)c1cc(O)cc(C(=O)Oc2ccc(C(C)(C)C)cc2C(C)(C)C)c1. The largest absolute Gasteiger partial charge is 0.508 e. The van der Waals surface area contributed by atoms with Gasteiger partial charge in [0.05, 0.1) is 5.56 Å².